The lowest BCUT2D eigenvalue weighted by molar-refractivity contribution is -0.109. The monoisotopic (exact) mass is 591 g/mol. The number of carbonyl (C=O) groups is 1. The van der Waals surface area contributed by atoms with Crippen molar-refractivity contribution in [1.29, 1.82) is 0 Å². The van der Waals surface area contributed by atoms with Crippen molar-refractivity contribution >= 4 is 28.9 Å². The molecule has 1 aliphatic rings. The van der Waals surface area contributed by atoms with Gasteiger partial charge in [0.1, 0.15) is 5.75 Å². The van der Waals surface area contributed by atoms with E-state index in [-0.39, 0.29) is 0 Å². The van der Waals surface area contributed by atoms with Crippen LogP contribution in [0.1, 0.15) is 34.9 Å². The number of H-pyrrole nitrogens is 1. The lowest BCUT2D eigenvalue weighted by atomic mass is 9.98. The number of nitrogens with zero attached hydrogens (tertiary/aromatic N) is 1. The fourth-order valence-electron chi connectivity index (χ4n) is 5.34. The Morgan fingerprint density at radius 3 is 2.64 bits per heavy atom. The van der Waals surface area contributed by atoms with Crippen LogP contribution >= 0.6 is 11.6 Å². The van der Waals surface area contributed by atoms with Crippen LogP contribution in [0.15, 0.2) is 60.7 Å². The predicted octanol–water partition coefficient (Wildman–Crippen LogP) is 5.70. The fourth-order valence-corrected chi connectivity index (χ4v) is 5.46. The molecule has 5 rings (SSSR count). The summed E-state index contributed by atoms with van der Waals surface area (Å²) in [5, 5.41) is 4.55. The van der Waals surface area contributed by atoms with E-state index in [1.807, 2.05) is 42.5 Å². The molecular formula is C33H38ClN3O5. The third kappa shape index (κ3) is 7.37. The molecule has 0 saturated carbocycles. The Bertz CT molecular complexity index is 1470. The molecule has 1 fully saturated rings. The summed E-state index contributed by atoms with van der Waals surface area (Å²) >= 11 is 6.17. The zero-order valence-corrected chi connectivity index (χ0v) is 24.9. The molecule has 9 heteroatoms. The number of ether oxygens (including phenoxy) is 4. The Hall–Kier alpha value is -3.72. The average Bonchev–Trinajstić information content (AvgIpc) is 3.36. The molecule has 8 nitrogen and oxygen atoms in total. The van der Waals surface area contributed by atoms with Gasteiger partial charge in [-0.15, -0.1) is 0 Å². The summed E-state index contributed by atoms with van der Waals surface area (Å²) in [6, 6.07) is 19.6. The second-order valence-corrected chi connectivity index (χ2v) is 10.8. The number of nitrogens with one attached hydrogen (secondary N) is 2. The van der Waals surface area contributed by atoms with Gasteiger partial charge in [-0.2, -0.15) is 0 Å². The van der Waals surface area contributed by atoms with Gasteiger partial charge >= 0.3 is 0 Å². The van der Waals surface area contributed by atoms with Gasteiger partial charge in [-0.3, -0.25) is 9.69 Å². The average molecular weight is 592 g/mol. The van der Waals surface area contributed by atoms with E-state index in [0.717, 1.165) is 79.0 Å². The van der Waals surface area contributed by atoms with Gasteiger partial charge in [0.2, 0.25) is 6.41 Å². The molecule has 4 aromatic rings. The van der Waals surface area contributed by atoms with E-state index in [9.17, 15) is 4.79 Å². The molecule has 2 heterocycles. The first-order valence-electron chi connectivity index (χ1n) is 14.4. The highest BCUT2D eigenvalue weighted by atomic mass is 35.5. The number of aromatic amines is 1. The van der Waals surface area contributed by atoms with Gasteiger partial charge in [-0.25, -0.2) is 0 Å². The zero-order valence-electron chi connectivity index (χ0n) is 24.2. The molecule has 0 aliphatic carbocycles. The number of hydrogen-bond acceptors (Lipinski definition) is 6. The summed E-state index contributed by atoms with van der Waals surface area (Å²) < 4.78 is 24.1. The number of amides is 1. The van der Waals surface area contributed by atoms with Crippen LogP contribution in [0.4, 0.5) is 0 Å². The molecule has 1 aromatic heterocycles. The van der Waals surface area contributed by atoms with E-state index in [1.54, 1.807) is 7.11 Å². The smallest absolute Gasteiger partial charge is 0.207 e. The zero-order chi connectivity index (χ0) is 29.3. The first-order chi connectivity index (χ1) is 20.6. The number of hydrogen-bond donors (Lipinski definition) is 2. The largest absolute Gasteiger partial charge is 0.493 e. The van der Waals surface area contributed by atoms with Crippen LogP contribution < -0.4 is 19.5 Å². The van der Waals surface area contributed by atoms with Crippen molar-refractivity contribution in [3.05, 3.63) is 88.1 Å². The number of fused-ring (bicyclic) bond motifs is 1. The van der Waals surface area contributed by atoms with E-state index in [2.05, 4.69) is 40.3 Å². The van der Waals surface area contributed by atoms with Crippen molar-refractivity contribution in [2.45, 2.75) is 25.9 Å². The van der Waals surface area contributed by atoms with Crippen molar-refractivity contribution in [2.24, 2.45) is 0 Å². The quantitative estimate of drug-likeness (QED) is 0.145. The Morgan fingerprint density at radius 1 is 1.07 bits per heavy atom. The van der Waals surface area contributed by atoms with Crippen molar-refractivity contribution in [3.8, 4) is 17.2 Å². The molecule has 1 aliphatic heterocycles. The fraction of sp³-hybridized carbons (Fsp3) is 0.364. The minimum Gasteiger partial charge on any atom is -0.493 e. The molecule has 0 radical (unpaired) electrons. The number of aryl methyl sites for hydroxylation is 1. The maximum absolute atomic E-state index is 11.1. The molecule has 222 valence electrons. The van der Waals surface area contributed by atoms with Gasteiger partial charge < -0.3 is 29.2 Å². The Kier molecular flexibility index (Phi) is 10.2. The maximum Gasteiger partial charge on any atom is 0.207 e. The van der Waals surface area contributed by atoms with Crippen LogP contribution in [-0.4, -0.2) is 69.4 Å². The topological polar surface area (TPSA) is 85.0 Å². The normalized spacial score (nSPS) is 14.5. The Labute approximate surface area is 251 Å². The first-order valence-corrected chi connectivity index (χ1v) is 14.7. The maximum atomic E-state index is 11.1. The van der Waals surface area contributed by atoms with E-state index >= 15 is 0 Å². The summed E-state index contributed by atoms with van der Waals surface area (Å²) in [5.41, 5.74) is 5.08. The third-order valence-corrected chi connectivity index (χ3v) is 7.75. The highest BCUT2D eigenvalue weighted by Crippen LogP contribution is 2.38. The molecule has 1 atom stereocenters. The number of methoxy groups -OCH3 is 1. The minimum absolute atomic E-state index is 0.494. The van der Waals surface area contributed by atoms with Crippen LogP contribution in [0.5, 0.6) is 17.2 Å². The first kappa shape index (κ1) is 29.8. The molecular weight excluding hydrogens is 554 g/mol. The molecule has 1 saturated heterocycles. The number of aromatic nitrogens is 1. The highest BCUT2D eigenvalue weighted by molar-refractivity contribution is 6.30. The lowest BCUT2D eigenvalue weighted by Crippen LogP contribution is -2.37. The molecule has 42 heavy (non-hydrogen) atoms. The Morgan fingerprint density at radius 2 is 1.88 bits per heavy atom. The number of benzene rings is 3. The molecule has 0 bridgehead atoms. The van der Waals surface area contributed by atoms with E-state index in [1.165, 1.54) is 0 Å². The summed E-state index contributed by atoms with van der Waals surface area (Å²) in [4.78, 5) is 17.1. The molecule has 3 aromatic carbocycles. The van der Waals surface area contributed by atoms with Gasteiger partial charge in [-0.1, -0.05) is 29.3 Å². The highest BCUT2D eigenvalue weighted by Gasteiger charge is 2.25. The second-order valence-electron chi connectivity index (χ2n) is 10.4. The Balaban J connectivity index is 1.49. The number of carbonyl (C=O) groups excluding carboxylic acids is 1. The van der Waals surface area contributed by atoms with E-state index in [0.29, 0.717) is 41.8 Å². The van der Waals surface area contributed by atoms with Gasteiger partial charge in [0.15, 0.2) is 17.6 Å². The third-order valence-electron chi connectivity index (χ3n) is 7.50. The van der Waals surface area contributed by atoms with Crippen LogP contribution in [-0.2, 0) is 16.0 Å². The van der Waals surface area contributed by atoms with Crippen LogP contribution in [0.2, 0.25) is 5.02 Å². The molecule has 1 amide bonds. The van der Waals surface area contributed by atoms with E-state index < -0.39 is 6.10 Å². The van der Waals surface area contributed by atoms with Gasteiger partial charge in [-0.05, 0) is 73.9 Å². The van der Waals surface area contributed by atoms with Crippen molar-refractivity contribution < 1.29 is 23.7 Å². The predicted molar refractivity (Wildman–Crippen MR) is 165 cm³/mol. The lowest BCUT2D eigenvalue weighted by Gasteiger charge is -2.26. The van der Waals surface area contributed by atoms with Gasteiger partial charge in [0.25, 0.3) is 0 Å². The van der Waals surface area contributed by atoms with Crippen LogP contribution in [0.25, 0.3) is 10.9 Å². The summed E-state index contributed by atoms with van der Waals surface area (Å²) in [7, 11) is 1.65. The summed E-state index contributed by atoms with van der Waals surface area (Å²) in [5.74, 6) is 2.01. The summed E-state index contributed by atoms with van der Waals surface area (Å²) in [6.45, 7) is 7.58. The van der Waals surface area contributed by atoms with Crippen LogP contribution in [0.3, 0.4) is 0 Å². The van der Waals surface area contributed by atoms with Gasteiger partial charge in [0.05, 0.1) is 32.6 Å². The molecule has 0 spiro atoms. The second kappa shape index (κ2) is 14.4. The number of morpholine rings is 1. The van der Waals surface area contributed by atoms with Crippen molar-refractivity contribution in [2.75, 3.05) is 53.1 Å². The van der Waals surface area contributed by atoms with Crippen molar-refractivity contribution in [3.63, 3.8) is 0 Å². The van der Waals surface area contributed by atoms with Gasteiger partial charge in [0, 0.05) is 47.7 Å². The van der Waals surface area contributed by atoms with Crippen LogP contribution in [0, 0.1) is 6.92 Å². The van der Waals surface area contributed by atoms with Crippen molar-refractivity contribution in [1.82, 2.24) is 15.2 Å². The number of halogens is 1. The molecule has 1 unspecified atom stereocenters. The standard InChI is InChI=1S/C33H38ClN3O5/c1-23-4-10-29-28(20-23)27(12-13-35-22-38)32(36-29)33(42-26-8-6-25(34)7-9-26)24-5-11-30(39-2)31(21-24)41-17-3-14-37-15-18-40-19-16-37/h4-11,20-22,33,36H,3,12-19H2,1-2H3,(H,35,38). The van der Waals surface area contributed by atoms with E-state index in [4.69, 9.17) is 30.5 Å². The summed E-state index contributed by atoms with van der Waals surface area (Å²) in [6.07, 6.45) is 1.77. The number of rotatable bonds is 14. The SMILES string of the molecule is COc1ccc(C(Oc2ccc(Cl)cc2)c2[nH]c3ccc(C)cc3c2CCNC=O)cc1OCCCN1CCOCC1. The molecule has 2 N–H and O–H groups in total. The minimum atomic E-state index is -0.494.